The van der Waals surface area contributed by atoms with Crippen molar-refractivity contribution in [3.63, 3.8) is 0 Å². The Bertz CT molecular complexity index is 1090. The number of nitrogens with two attached hydrogens (primary N) is 2. The molecule has 3 amide bonds. The second-order valence-corrected chi connectivity index (χ2v) is 7.70. The van der Waals surface area contributed by atoms with E-state index in [1.807, 2.05) is 0 Å². The zero-order valence-corrected chi connectivity index (χ0v) is 17.5. The van der Waals surface area contributed by atoms with Crippen LogP contribution in [0.15, 0.2) is 42.5 Å². The van der Waals surface area contributed by atoms with Gasteiger partial charge in [0.05, 0.1) is 12.5 Å². The number of amides is 3. The fourth-order valence-corrected chi connectivity index (χ4v) is 3.37. The highest BCUT2D eigenvalue weighted by Crippen LogP contribution is 2.32. The summed E-state index contributed by atoms with van der Waals surface area (Å²) in [5, 5.41) is 24.4. The average Bonchev–Trinajstić information content (AvgIpc) is 2.74. The molecule has 0 aliphatic carbocycles. The van der Waals surface area contributed by atoms with Crippen LogP contribution in [0.25, 0.3) is 0 Å². The molecule has 1 aliphatic rings. The monoisotopic (exact) mass is 456 g/mol. The summed E-state index contributed by atoms with van der Waals surface area (Å²) in [6, 6.07) is 7.10. The van der Waals surface area contributed by atoms with Crippen molar-refractivity contribution in [2.75, 3.05) is 0 Å². The van der Waals surface area contributed by atoms with Crippen LogP contribution in [0.5, 0.6) is 17.2 Å². The number of aliphatic carboxylic acids is 1. The molecule has 2 aromatic carbocycles. The van der Waals surface area contributed by atoms with Crippen molar-refractivity contribution in [2.24, 2.45) is 11.5 Å². The van der Waals surface area contributed by atoms with Gasteiger partial charge in [-0.2, -0.15) is 0 Å². The molecule has 4 bridgehead atoms. The van der Waals surface area contributed by atoms with E-state index in [0.29, 0.717) is 16.9 Å². The van der Waals surface area contributed by atoms with E-state index >= 15 is 0 Å². The van der Waals surface area contributed by atoms with Crippen molar-refractivity contribution >= 4 is 23.7 Å². The Hall–Kier alpha value is -4.12. The Balaban J connectivity index is 2.02. The van der Waals surface area contributed by atoms with Crippen molar-refractivity contribution in [2.45, 2.75) is 37.4 Å². The largest absolute Gasteiger partial charge is 0.504 e. The van der Waals surface area contributed by atoms with Crippen LogP contribution >= 0.6 is 0 Å². The number of ether oxygens (including phenoxy) is 1. The third kappa shape index (κ3) is 6.20. The van der Waals surface area contributed by atoms with E-state index in [0.717, 1.165) is 0 Å². The topological polar surface area (TPSA) is 194 Å². The maximum absolute atomic E-state index is 12.7. The van der Waals surface area contributed by atoms with Crippen molar-refractivity contribution in [1.29, 1.82) is 0 Å². The fourth-order valence-electron chi connectivity index (χ4n) is 3.37. The molecule has 0 saturated carbocycles. The fraction of sp³-hybridized carbons (Fsp3) is 0.273. The molecule has 3 unspecified atom stereocenters. The highest BCUT2D eigenvalue weighted by molar-refractivity contribution is 5.94. The van der Waals surface area contributed by atoms with Gasteiger partial charge in [-0.1, -0.05) is 18.2 Å². The number of carbonyl (C=O) groups excluding carboxylic acids is 3. The smallest absolute Gasteiger partial charge is 0.326 e. The van der Waals surface area contributed by atoms with Crippen LogP contribution < -0.4 is 26.8 Å². The summed E-state index contributed by atoms with van der Waals surface area (Å²) in [5.74, 6) is -3.49. The summed E-state index contributed by atoms with van der Waals surface area (Å²) in [6.07, 6.45) is -0.616. The minimum Gasteiger partial charge on any atom is -0.504 e. The van der Waals surface area contributed by atoms with Crippen LogP contribution in [0.1, 0.15) is 17.5 Å². The van der Waals surface area contributed by atoms with E-state index in [1.165, 1.54) is 12.1 Å². The van der Waals surface area contributed by atoms with Gasteiger partial charge in [-0.05, 0) is 41.8 Å². The predicted octanol–water partition coefficient (Wildman–Crippen LogP) is -0.460. The second kappa shape index (κ2) is 10.0. The molecular weight excluding hydrogens is 432 g/mol. The van der Waals surface area contributed by atoms with Gasteiger partial charge in [-0.25, -0.2) is 4.79 Å². The molecule has 1 heterocycles. The molecule has 2 aromatic rings. The number of hydrogen-bond acceptors (Lipinski definition) is 7. The van der Waals surface area contributed by atoms with Gasteiger partial charge in [0.15, 0.2) is 11.5 Å². The molecule has 174 valence electrons. The van der Waals surface area contributed by atoms with Gasteiger partial charge in [-0.3, -0.25) is 14.4 Å². The minimum absolute atomic E-state index is 0.0329. The number of benzene rings is 2. The lowest BCUT2D eigenvalue weighted by molar-refractivity contribution is -0.142. The Morgan fingerprint density at radius 3 is 2.45 bits per heavy atom. The van der Waals surface area contributed by atoms with E-state index in [4.69, 9.17) is 16.2 Å². The summed E-state index contributed by atoms with van der Waals surface area (Å²) >= 11 is 0. The van der Waals surface area contributed by atoms with E-state index in [-0.39, 0.29) is 24.3 Å². The number of phenols is 1. The molecule has 11 nitrogen and oxygen atoms in total. The molecule has 0 radical (unpaired) electrons. The molecule has 3 rings (SSSR count). The highest BCUT2D eigenvalue weighted by atomic mass is 16.5. The van der Waals surface area contributed by atoms with E-state index in [9.17, 15) is 29.4 Å². The molecular formula is C22H24N4O7. The summed E-state index contributed by atoms with van der Waals surface area (Å²) < 4.78 is 5.75. The lowest BCUT2D eigenvalue weighted by Gasteiger charge is -2.23. The van der Waals surface area contributed by atoms with Crippen LogP contribution in [0, 0.1) is 0 Å². The van der Waals surface area contributed by atoms with Crippen molar-refractivity contribution < 1.29 is 34.1 Å². The third-order valence-electron chi connectivity index (χ3n) is 5.04. The van der Waals surface area contributed by atoms with Gasteiger partial charge in [0, 0.05) is 6.42 Å². The summed E-state index contributed by atoms with van der Waals surface area (Å²) in [7, 11) is 0. The number of carboxylic acid groups (broad SMARTS) is 1. The number of aromatic hydroxyl groups is 1. The molecule has 11 heteroatoms. The SMILES string of the molecule is NC(=O)CC1NC(=O)C(N)Cc2ccc(O)c(c2)Oc2cccc(c2)CC(C(=O)O)NC1=O. The first-order valence-corrected chi connectivity index (χ1v) is 10.1. The highest BCUT2D eigenvalue weighted by Gasteiger charge is 2.29. The maximum atomic E-state index is 12.7. The zero-order valence-electron chi connectivity index (χ0n) is 17.5. The van der Waals surface area contributed by atoms with Crippen LogP contribution in [0.4, 0.5) is 0 Å². The number of nitrogens with one attached hydrogen (secondary N) is 2. The van der Waals surface area contributed by atoms with E-state index in [1.54, 1.807) is 30.3 Å². The lowest BCUT2D eigenvalue weighted by atomic mass is 10.0. The first-order chi connectivity index (χ1) is 15.6. The van der Waals surface area contributed by atoms with Gasteiger partial charge in [0.25, 0.3) is 0 Å². The summed E-state index contributed by atoms with van der Waals surface area (Å²) in [6.45, 7) is 0. The molecule has 33 heavy (non-hydrogen) atoms. The maximum Gasteiger partial charge on any atom is 0.326 e. The summed E-state index contributed by atoms with van der Waals surface area (Å²) in [5.41, 5.74) is 12.3. The van der Waals surface area contributed by atoms with E-state index in [2.05, 4.69) is 10.6 Å². The molecule has 0 fully saturated rings. The quantitative estimate of drug-likeness (QED) is 0.357. The van der Waals surface area contributed by atoms with Crippen LogP contribution in [-0.4, -0.2) is 52.0 Å². The second-order valence-electron chi connectivity index (χ2n) is 7.70. The molecule has 0 saturated heterocycles. The van der Waals surface area contributed by atoms with Gasteiger partial charge in [-0.15, -0.1) is 0 Å². The number of fused-ring (bicyclic) bond motifs is 4. The number of primary amides is 1. The molecule has 3 atom stereocenters. The number of hydrogen-bond donors (Lipinski definition) is 6. The molecule has 0 spiro atoms. The van der Waals surface area contributed by atoms with Gasteiger partial charge >= 0.3 is 5.97 Å². The van der Waals surface area contributed by atoms with Gasteiger partial charge in [0.2, 0.25) is 17.7 Å². The van der Waals surface area contributed by atoms with Gasteiger partial charge < -0.3 is 37.1 Å². The standard InChI is InChI=1S/C22H24N4O7/c23-14-7-12-4-5-17(27)18(9-12)33-13-3-1-2-11(6-13)8-16(22(31)32)26-21(30)15(10-19(24)28)25-20(14)29/h1-6,9,14-16,27H,7-8,10,23H2,(H2,24,28)(H,25,29)(H,26,30)(H,31,32). The Morgan fingerprint density at radius 1 is 1.03 bits per heavy atom. The molecule has 8 N–H and O–H groups in total. The Morgan fingerprint density at radius 2 is 1.76 bits per heavy atom. The Kier molecular flexibility index (Phi) is 7.13. The van der Waals surface area contributed by atoms with Crippen LogP contribution in [0.2, 0.25) is 0 Å². The average molecular weight is 456 g/mol. The van der Waals surface area contributed by atoms with Crippen LogP contribution in [0.3, 0.4) is 0 Å². The van der Waals surface area contributed by atoms with Crippen molar-refractivity contribution in [1.82, 2.24) is 10.6 Å². The zero-order chi connectivity index (χ0) is 24.1. The third-order valence-corrected chi connectivity index (χ3v) is 5.04. The molecule has 0 aromatic heterocycles. The minimum atomic E-state index is -1.40. The number of carboxylic acids is 1. The van der Waals surface area contributed by atoms with Crippen LogP contribution in [-0.2, 0) is 32.0 Å². The number of rotatable bonds is 3. The number of phenolic OH excluding ortho intramolecular Hbond substituents is 1. The van der Waals surface area contributed by atoms with Crippen molar-refractivity contribution in [3.05, 3.63) is 53.6 Å². The normalized spacial score (nSPS) is 21.3. The first kappa shape index (κ1) is 23.5. The molecule has 1 aliphatic heterocycles. The number of carbonyl (C=O) groups is 4. The lowest BCUT2D eigenvalue weighted by Crippen LogP contribution is -2.56. The Labute approximate surface area is 188 Å². The first-order valence-electron chi connectivity index (χ1n) is 10.1. The van der Waals surface area contributed by atoms with E-state index < -0.39 is 48.2 Å². The predicted molar refractivity (Wildman–Crippen MR) is 115 cm³/mol. The summed E-state index contributed by atoms with van der Waals surface area (Å²) in [4.78, 5) is 48.5. The van der Waals surface area contributed by atoms with Gasteiger partial charge in [0.1, 0.15) is 17.8 Å². The van der Waals surface area contributed by atoms with Crippen molar-refractivity contribution in [3.8, 4) is 17.2 Å².